The monoisotopic (exact) mass is 496 g/mol. The molecule has 0 aromatic carbocycles. The Bertz CT molecular complexity index is 605. The maximum absolute atomic E-state index is 12.4. The van der Waals surface area contributed by atoms with E-state index in [1.165, 1.54) is 0 Å². The molecule has 1 fully saturated rings. The summed E-state index contributed by atoms with van der Waals surface area (Å²) in [7, 11) is -2.59. The first-order valence-corrected chi connectivity index (χ1v) is 14.1. The molecule has 0 aliphatic carbocycles. The van der Waals surface area contributed by atoms with Gasteiger partial charge < -0.3 is 34.4 Å². The van der Waals surface area contributed by atoms with Gasteiger partial charge in [-0.2, -0.15) is 0 Å². The lowest BCUT2D eigenvalue weighted by Gasteiger charge is -2.39. The van der Waals surface area contributed by atoms with Crippen molar-refractivity contribution in [2.75, 3.05) is 26.5 Å². The molecular formula is C23H45O9P. The summed E-state index contributed by atoms with van der Waals surface area (Å²) in [5.74, 6) is 0.211. The van der Waals surface area contributed by atoms with Crippen molar-refractivity contribution in [3.63, 3.8) is 0 Å². The zero-order valence-electron chi connectivity index (χ0n) is 20.6. The van der Waals surface area contributed by atoms with Crippen molar-refractivity contribution < 1.29 is 43.8 Å². The number of hydrogen-bond donors (Lipinski definition) is 4. The SMILES string of the molecule is CC(C)(C)P(C)(=O)OCCCCCCCC(=O)CCCCO[C@@H]1OC(CO)[C@@H](O)[C@H](O)C1O. The molecule has 9 nitrogen and oxygen atoms in total. The highest BCUT2D eigenvalue weighted by Crippen LogP contribution is 2.55. The molecule has 0 spiro atoms. The number of rotatable bonds is 16. The molecule has 0 saturated carbocycles. The van der Waals surface area contributed by atoms with Crippen LogP contribution < -0.4 is 0 Å². The number of ketones is 1. The first-order chi connectivity index (χ1) is 15.4. The van der Waals surface area contributed by atoms with Crippen molar-refractivity contribution >= 4 is 13.2 Å². The lowest BCUT2D eigenvalue weighted by Crippen LogP contribution is -2.59. The first-order valence-electron chi connectivity index (χ1n) is 12.1. The molecule has 1 aliphatic rings. The number of carbonyl (C=O) groups is 1. The van der Waals surface area contributed by atoms with Crippen LogP contribution in [-0.4, -0.2) is 88.6 Å². The van der Waals surface area contributed by atoms with Crippen molar-refractivity contribution in [3.8, 4) is 0 Å². The van der Waals surface area contributed by atoms with E-state index >= 15 is 0 Å². The van der Waals surface area contributed by atoms with Crippen molar-refractivity contribution in [3.05, 3.63) is 0 Å². The topological polar surface area (TPSA) is 143 Å². The molecule has 0 amide bonds. The van der Waals surface area contributed by atoms with Gasteiger partial charge in [0.15, 0.2) is 6.29 Å². The van der Waals surface area contributed by atoms with Crippen LogP contribution in [0.5, 0.6) is 0 Å². The van der Waals surface area contributed by atoms with E-state index in [-0.39, 0.29) is 17.5 Å². The van der Waals surface area contributed by atoms with Gasteiger partial charge in [0.2, 0.25) is 7.37 Å². The quantitative estimate of drug-likeness (QED) is 0.187. The van der Waals surface area contributed by atoms with Gasteiger partial charge in [0.25, 0.3) is 0 Å². The van der Waals surface area contributed by atoms with E-state index in [1.54, 1.807) is 6.66 Å². The molecule has 3 unspecified atom stereocenters. The Balaban J connectivity index is 2.03. The Kier molecular flexibility index (Phi) is 13.8. The van der Waals surface area contributed by atoms with Crippen LogP contribution in [-0.2, 0) is 23.4 Å². The van der Waals surface area contributed by atoms with Crippen LogP contribution in [0.4, 0.5) is 0 Å². The molecule has 1 rings (SSSR count). The smallest absolute Gasteiger partial charge is 0.205 e. The standard InChI is InChI=1S/C23H45O9P/c1-23(2,3)33(4,29)31-15-10-7-5-6-8-12-17(25)13-9-11-14-30-22-21(28)20(27)19(26)18(16-24)32-22/h18-22,24,26-28H,5-16H2,1-4H3/t18?,19-,20+,21?,22-,33?/m1/s1. The Morgan fingerprint density at radius 3 is 2.03 bits per heavy atom. The van der Waals surface area contributed by atoms with E-state index in [1.807, 2.05) is 20.8 Å². The fraction of sp³-hybridized carbons (Fsp3) is 0.957. The number of ether oxygens (including phenoxy) is 2. The van der Waals surface area contributed by atoms with Crippen LogP contribution in [0.15, 0.2) is 0 Å². The fourth-order valence-electron chi connectivity index (χ4n) is 3.34. The van der Waals surface area contributed by atoms with Gasteiger partial charge in [0, 0.05) is 31.3 Å². The van der Waals surface area contributed by atoms with Crippen molar-refractivity contribution in [1.29, 1.82) is 0 Å². The van der Waals surface area contributed by atoms with E-state index in [0.29, 0.717) is 32.3 Å². The van der Waals surface area contributed by atoms with E-state index in [2.05, 4.69) is 0 Å². The summed E-state index contributed by atoms with van der Waals surface area (Å²) in [6.07, 6.45) is 0.616. The molecule has 1 saturated heterocycles. The maximum Gasteiger partial charge on any atom is 0.205 e. The molecule has 0 bridgehead atoms. The minimum atomic E-state index is -2.59. The molecule has 0 aromatic heterocycles. The number of unbranched alkanes of at least 4 members (excludes halogenated alkanes) is 5. The third-order valence-electron chi connectivity index (χ3n) is 6.14. The molecule has 6 atom stereocenters. The second kappa shape index (κ2) is 14.9. The number of carbonyl (C=O) groups excluding carboxylic acids is 1. The van der Waals surface area contributed by atoms with Crippen molar-refractivity contribution in [2.24, 2.45) is 0 Å². The highest BCUT2D eigenvalue weighted by atomic mass is 31.2. The molecule has 33 heavy (non-hydrogen) atoms. The second-order valence-corrected chi connectivity index (χ2v) is 13.2. The zero-order valence-corrected chi connectivity index (χ0v) is 21.5. The Morgan fingerprint density at radius 2 is 1.42 bits per heavy atom. The van der Waals surface area contributed by atoms with Crippen LogP contribution in [0.1, 0.15) is 78.6 Å². The molecular weight excluding hydrogens is 451 g/mol. The lowest BCUT2D eigenvalue weighted by atomic mass is 9.99. The average molecular weight is 497 g/mol. The van der Waals surface area contributed by atoms with Gasteiger partial charge in [0.1, 0.15) is 30.2 Å². The third kappa shape index (κ3) is 10.8. The van der Waals surface area contributed by atoms with Gasteiger partial charge in [-0.3, -0.25) is 9.36 Å². The summed E-state index contributed by atoms with van der Waals surface area (Å²) in [6, 6.07) is 0. The molecule has 0 aromatic rings. The van der Waals surface area contributed by atoms with Gasteiger partial charge in [-0.25, -0.2) is 0 Å². The van der Waals surface area contributed by atoms with Crippen LogP contribution in [0, 0.1) is 0 Å². The normalized spacial score (nSPS) is 27.9. The molecule has 1 aliphatic heterocycles. The zero-order chi connectivity index (χ0) is 25.1. The third-order valence-corrected chi connectivity index (χ3v) is 9.25. The van der Waals surface area contributed by atoms with Crippen molar-refractivity contribution in [1.82, 2.24) is 0 Å². The first kappa shape index (κ1) is 30.7. The summed E-state index contributed by atoms with van der Waals surface area (Å²) in [5, 5.41) is 38.2. The Labute approximate surface area is 198 Å². The van der Waals surface area contributed by atoms with Crippen LogP contribution in [0.2, 0.25) is 0 Å². The summed E-state index contributed by atoms with van der Waals surface area (Å²) >= 11 is 0. The number of Topliss-reactive ketones (excluding diaryl/α,β-unsaturated/α-hetero) is 1. The largest absolute Gasteiger partial charge is 0.394 e. The van der Waals surface area contributed by atoms with Crippen LogP contribution in [0.3, 0.4) is 0 Å². The summed E-state index contributed by atoms with van der Waals surface area (Å²) in [4.78, 5) is 12.0. The Hall–Kier alpha value is -0.380. The predicted octanol–water partition coefficient (Wildman–Crippen LogP) is 2.61. The average Bonchev–Trinajstić information content (AvgIpc) is 2.74. The van der Waals surface area contributed by atoms with Crippen LogP contribution >= 0.6 is 7.37 Å². The summed E-state index contributed by atoms with van der Waals surface area (Å²) < 4.78 is 28.7. The molecule has 0 radical (unpaired) electrons. The fourth-order valence-corrected chi connectivity index (χ4v) is 4.21. The van der Waals surface area contributed by atoms with Gasteiger partial charge >= 0.3 is 0 Å². The van der Waals surface area contributed by atoms with E-state index in [9.17, 15) is 24.7 Å². The molecule has 196 valence electrons. The number of aliphatic hydroxyl groups is 4. The van der Waals surface area contributed by atoms with Crippen molar-refractivity contribution in [2.45, 2.75) is 114 Å². The number of hydrogen-bond acceptors (Lipinski definition) is 9. The highest BCUT2D eigenvalue weighted by molar-refractivity contribution is 7.59. The highest BCUT2D eigenvalue weighted by Gasteiger charge is 2.43. The summed E-state index contributed by atoms with van der Waals surface area (Å²) in [5.41, 5.74) is 0. The van der Waals surface area contributed by atoms with Gasteiger partial charge in [-0.15, -0.1) is 0 Å². The molecule has 1 heterocycles. The van der Waals surface area contributed by atoms with E-state index in [0.717, 1.165) is 32.1 Å². The van der Waals surface area contributed by atoms with E-state index in [4.69, 9.17) is 19.1 Å². The minimum absolute atomic E-state index is 0.211. The van der Waals surface area contributed by atoms with Gasteiger partial charge in [-0.05, 0) is 25.7 Å². The van der Waals surface area contributed by atoms with Crippen LogP contribution in [0.25, 0.3) is 0 Å². The number of aliphatic hydroxyl groups excluding tert-OH is 4. The van der Waals surface area contributed by atoms with Gasteiger partial charge in [-0.1, -0.05) is 40.0 Å². The van der Waals surface area contributed by atoms with Gasteiger partial charge in [0.05, 0.1) is 13.2 Å². The Morgan fingerprint density at radius 1 is 0.879 bits per heavy atom. The second-order valence-electron chi connectivity index (χ2n) is 9.93. The predicted molar refractivity (Wildman–Crippen MR) is 126 cm³/mol. The molecule has 10 heteroatoms. The minimum Gasteiger partial charge on any atom is -0.394 e. The van der Waals surface area contributed by atoms with E-state index < -0.39 is 44.7 Å². The lowest BCUT2D eigenvalue weighted by molar-refractivity contribution is -0.301. The maximum atomic E-state index is 12.4. The molecule has 4 N–H and O–H groups in total. The summed E-state index contributed by atoms with van der Waals surface area (Å²) in [6.45, 7) is 7.73.